The Morgan fingerprint density at radius 1 is 1.37 bits per heavy atom. The van der Waals surface area contributed by atoms with Crippen LogP contribution in [0.1, 0.15) is 30.7 Å². The van der Waals surface area contributed by atoms with E-state index in [2.05, 4.69) is 52.7 Å². The topological polar surface area (TPSA) is 42.7 Å². The van der Waals surface area contributed by atoms with Crippen LogP contribution in [-0.4, -0.2) is 27.4 Å². The summed E-state index contributed by atoms with van der Waals surface area (Å²) in [7, 11) is 0. The lowest BCUT2D eigenvalue weighted by atomic mass is 10.00. The van der Waals surface area contributed by atoms with Crippen molar-refractivity contribution < 1.29 is 0 Å². The van der Waals surface area contributed by atoms with Gasteiger partial charge in [0, 0.05) is 19.0 Å². The van der Waals surface area contributed by atoms with Crippen LogP contribution in [0.2, 0.25) is 0 Å². The van der Waals surface area contributed by atoms with Gasteiger partial charge in [-0.2, -0.15) is 5.10 Å². The second-order valence-electron chi connectivity index (χ2n) is 5.31. The van der Waals surface area contributed by atoms with Gasteiger partial charge in [-0.1, -0.05) is 37.3 Å². The molecule has 0 fully saturated rings. The molecule has 0 amide bonds. The number of aryl methyl sites for hydroxylation is 1. The predicted molar refractivity (Wildman–Crippen MR) is 75.0 cm³/mol. The van der Waals surface area contributed by atoms with Crippen molar-refractivity contribution in [2.75, 3.05) is 6.54 Å². The van der Waals surface area contributed by atoms with Crippen LogP contribution in [0.25, 0.3) is 0 Å². The van der Waals surface area contributed by atoms with Gasteiger partial charge >= 0.3 is 0 Å². The Bertz CT molecular complexity index is 520. The zero-order chi connectivity index (χ0) is 13.1. The minimum atomic E-state index is 0.514. The lowest BCUT2D eigenvalue weighted by Crippen LogP contribution is -2.39. The van der Waals surface area contributed by atoms with Crippen LogP contribution in [-0.2, 0) is 13.0 Å². The maximum atomic E-state index is 4.26. The number of benzene rings is 1. The predicted octanol–water partition coefficient (Wildman–Crippen LogP) is 1.99. The molecular formula is C15H20N4. The summed E-state index contributed by atoms with van der Waals surface area (Å²) < 4.78 is 2.02. The number of fused-ring (bicyclic) bond motifs is 1. The Kier molecular flexibility index (Phi) is 3.60. The zero-order valence-corrected chi connectivity index (χ0v) is 11.3. The van der Waals surface area contributed by atoms with Crippen molar-refractivity contribution in [3.63, 3.8) is 0 Å². The number of hydrogen-bond donors (Lipinski definition) is 1. The molecule has 2 atom stereocenters. The first-order chi connectivity index (χ1) is 9.33. The highest BCUT2D eigenvalue weighted by atomic mass is 15.3. The first kappa shape index (κ1) is 12.4. The summed E-state index contributed by atoms with van der Waals surface area (Å²) in [4.78, 5) is 4.26. The molecule has 1 aromatic heterocycles. The third-order valence-corrected chi connectivity index (χ3v) is 3.89. The van der Waals surface area contributed by atoms with Crippen molar-refractivity contribution in [3.8, 4) is 0 Å². The number of aromatic nitrogens is 3. The maximum Gasteiger partial charge on any atom is 0.138 e. The third-order valence-electron chi connectivity index (χ3n) is 3.89. The van der Waals surface area contributed by atoms with Crippen molar-refractivity contribution in [3.05, 3.63) is 48.0 Å². The van der Waals surface area contributed by atoms with Gasteiger partial charge < -0.3 is 5.32 Å². The fourth-order valence-corrected chi connectivity index (χ4v) is 2.65. The second kappa shape index (κ2) is 5.53. The Labute approximate surface area is 113 Å². The lowest BCUT2D eigenvalue weighted by Gasteiger charge is -2.25. The van der Waals surface area contributed by atoms with Gasteiger partial charge in [-0.15, -0.1) is 0 Å². The molecule has 4 nitrogen and oxygen atoms in total. The molecule has 100 valence electrons. The summed E-state index contributed by atoms with van der Waals surface area (Å²) in [5, 5.41) is 7.92. The van der Waals surface area contributed by atoms with Gasteiger partial charge in [0.15, 0.2) is 0 Å². The van der Waals surface area contributed by atoms with Crippen LogP contribution >= 0.6 is 0 Å². The highest BCUT2D eigenvalue weighted by Gasteiger charge is 2.19. The van der Waals surface area contributed by atoms with E-state index in [1.807, 2.05) is 4.68 Å². The number of hydrogen-bond acceptors (Lipinski definition) is 3. The number of nitrogens with one attached hydrogen (secondary N) is 1. The van der Waals surface area contributed by atoms with E-state index in [-0.39, 0.29) is 0 Å². The average molecular weight is 256 g/mol. The van der Waals surface area contributed by atoms with Gasteiger partial charge in [-0.25, -0.2) is 9.67 Å². The molecule has 0 saturated heterocycles. The quantitative estimate of drug-likeness (QED) is 0.909. The Balaban J connectivity index is 1.54. The number of nitrogens with zero attached hydrogens (tertiary/aromatic N) is 3. The lowest BCUT2D eigenvalue weighted by molar-refractivity contribution is 0.354. The van der Waals surface area contributed by atoms with Crippen LogP contribution in [0.4, 0.5) is 0 Å². The molecule has 19 heavy (non-hydrogen) atoms. The van der Waals surface area contributed by atoms with E-state index in [4.69, 9.17) is 0 Å². The van der Waals surface area contributed by atoms with Crippen LogP contribution < -0.4 is 5.32 Å². The van der Waals surface area contributed by atoms with Crippen LogP contribution in [0.5, 0.6) is 0 Å². The minimum Gasteiger partial charge on any atom is -0.312 e. The molecule has 2 heterocycles. The zero-order valence-electron chi connectivity index (χ0n) is 11.3. The molecule has 3 rings (SSSR count). The highest BCUT2D eigenvalue weighted by molar-refractivity contribution is 5.19. The summed E-state index contributed by atoms with van der Waals surface area (Å²) in [5.41, 5.74) is 1.40. The molecule has 0 aliphatic carbocycles. The normalized spacial score (nSPS) is 19.9. The Morgan fingerprint density at radius 3 is 3.05 bits per heavy atom. The minimum absolute atomic E-state index is 0.514. The van der Waals surface area contributed by atoms with Gasteiger partial charge in [-0.3, -0.25) is 0 Å². The summed E-state index contributed by atoms with van der Waals surface area (Å²) in [6.07, 6.45) is 3.84. The van der Waals surface area contributed by atoms with Crippen molar-refractivity contribution >= 4 is 0 Å². The molecule has 4 heteroatoms. The van der Waals surface area contributed by atoms with Gasteiger partial charge in [0.1, 0.15) is 12.2 Å². The van der Waals surface area contributed by atoms with E-state index >= 15 is 0 Å². The first-order valence-electron chi connectivity index (χ1n) is 6.98. The molecule has 0 spiro atoms. The number of rotatable bonds is 4. The first-order valence-corrected chi connectivity index (χ1v) is 6.98. The molecule has 1 aromatic carbocycles. The van der Waals surface area contributed by atoms with Gasteiger partial charge in [0.2, 0.25) is 0 Å². The van der Waals surface area contributed by atoms with Crippen molar-refractivity contribution in [2.24, 2.45) is 0 Å². The standard InChI is InChI=1S/C15H20N4/c1-12(13-5-3-2-4-6-13)9-16-14-7-8-15-17-11-18-19(15)10-14/h2-6,11-12,14,16H,7-10H2,1H3/t12-,14-/m0/s1. The van der Waals surface area contributed by atoms with E-state index in [0.717, 1.165) is 31.8 Å². The third kappa shape index (κ3) is 2.84. The SMILES string of the molecule is C[C@@H](CN[C@H]1CCc2ncnn2C1)c1ccccc1. The van der Waals surface area contributed by atoms with Crippen molar-refractivity contribution in [1.82, 2.24) is 20.1 Å². The van der Waals surface area contributed by atoms with Crippen LogP contribution in [0.15, 0.2) is 36.7 Å². The maximum absolute atomic E-state index is 4.26. The van der Waals surface area contributed by atoms with E-state index in [9.17, 15) is 0 Å². The second-order valence-corrected chi connectivity index (χ2v) is 5.31. The molecule has 0 saturated carbocycles. The van der Waals surface area contributed by atoms with E-state index < -0.39 is 0 Å². The van der Waals surface area contributed by atoms with E-state index in [1.54, 1.807) is 6.33 Å². The summed E-state index contributed by atoms with van der Waals surface area (Å²) in [5.74, 6) is 1.66. The van der Waals surface area contributed by atoms with Gasteiger partial charge in [0.05, 0.1) is 6.54 Å². The molecule has 0 radical (unpaired) electrons. The van der Waals surface area contributed by atoms with E-state index in [0.29, 0.717) is 12.0 Å². The molecule has 1 N–H and O–H groups in total. The summed E-state index contributed by atoms with van der Waals surface area (Å²) in [6, 6.07) is 11.2. The molecular weight excluding hydrogens is 236 g/mol. The average Bonchev–Trinajstić information content (AvgIpc) is 2.93. The summed E-state index contributed by atoms with van der Waals surface area (Å²) >= 11 is 0. The molecule has 1 aliphatic rings. The van der Waals surface area contributed by atoms with Crippen molar-refractivity contribution in [2.45, 2.75) is 38.3 Å². The van der Waals surface area contributed by atoms with Gasteiger partial charge in [-0.05, 0) is 17.9 Å². The van der Waals surface area contributed by atoms with Gasteiger partial charge in [0.25, 0.3) is 0 Å². The smallest absolute Gasteiger partial charge is 0.138 e. The molecule has 0 bridgehead atoms. The molecule has 2 aromatic rings. The Hall–Kier alpha value is -1.68. The summed E-state index contributed by atoms with van der Waals surface area (Å²) in [6.45, 7) is 4.22. The molecule has 0 unspecified atom stereocenters. The van der Waals surface area contributed by atoms with Crippen molar-refractivity contribution in [1.29, 1.82) is 0 Å². The fourth-order valence-electron chi connectivity index (χ4n) is 2.65. The monoisotopic (exact) mass is 256 g/mol. The van der Waals surface area contributed by atoms with E-state index in [1.165, 1.54) is 5.56 Å². The largest absolute Gasteiger partial charge is 0.312 e. The molecule has 1 aliphatic heterocycles. The van der Waals surface area contributed by atoms with Crippen LogP contribution in [0, 0.1) is 0 Å². The fraction of sp³-hybridized carbons (Fsp3) is 0.467. The van der Waals surface area contributed by atoms with Crippen LogP contribution in [0.3, 0.4) is 0 Å². The Morgan fingerprint density at radius 2 is 2.21 bits per heavy atom. The highest BCUT2D eigenvalue weighted by Crippen LogP contribution is 2.15.